The van der Waals surface area contributed by atoms with Crippen LogP contribution in [0.25, 0.3) is 0 Å². The number of anilines is 1. The number of thiophene rings is 1. The van der Waals surface area contributed by atoms with Crippen molar-refractivity contribution in [1.29, 1.82) is 0 Å². The third-order valence-electron chi connectivity index (χ3n) is 2.53. The highest BCUT2D eigenvalue weighted by molar-refractivity contribution is 7.10. The van der Waals surface area contributed by atoms with Crippen molar-refractivity contribution in [2.24, 2.45) is 0 Å². The van der Waals surface area contributed by atoms with Crippen LogP contribution >= 0.6 is 11.3 Å². The molecule has 1 aromatic heterocycles. The molecule has 84 valence electrons. The van der Waals surface area contributed by atoms with Crippen molar-refractivity contribution >= 4 is 17.0 Å². The molecule has 1 atom stereocenters. The van der Waals surface area contributed by atoms with E-state index in [4.69, 9.17) is 0 Å². The standard InChI is InChI=1S/C13H14FNS/c1-9-8-11(14)5-6-12(9)15-10(2)13-4-3-7-16-13/h3-8,10,15H,1-2H3. The second kappa shape index (κ2) is 4.66. The molecule has 0 bridgehead atoms. The average Bonchev–Trinajstić information content (AvgIpc) is 2.75. The van der Waals surface area contributed by atoms with Crippen LogP contribution in [0.5, 0.6) is 0 Å². The van der Waals surface area contributed by atoms with Crippen LogP contribution in [-0.4, -0.2) is 0 Å². The van der Waals surface area contributed by atoms with Crippen molar-refractivity contribution in [3.8, 4) is 0 Å². The van der Waals surface area contributed by atoms with Gasteiger partial charge in [-0.2, -0.15) is 0 Å². The van der Waals surface area contributed by atoms with Crippen LogP contribution in [-0.2, 0) is 0 Å². The van der Waals surface area contributed by atoms with Crippen LogP contribution in [0.1, 0.15) is 23.4 Å². The van der Waals surface area contributed by atoms with Gasteiger partial charge in [0.1, 0.15) is 5.82 Å². The SMILES string of the molecule is Cc1cc(F)ccc1NC(C)c1cccs1. The van der Waals surface area contributed by atoms with Gasteiger partial charge in [-0.3, -0.25) is 0 Å². The van der Waals surface area contributed by atoms with E-state index >= 15 is 0 Å². The number of nitrogens with one attached hydrogen (secondary N) is 1. The number of benzene rings is 1. The molecule has 0 saturated heterocycles. The topological polar surface area (TPSA) is 12.0 Å². The Balaban J connectivity index is 2.15. The van der Waals surface area contributed by atoms with Crippen molar-refractivity contribution in [3.05, 3.63) is 52.0 Å². The van der Waals surface area contributed by atoms with Crippen LogP contribution in [0.15, 0.2) is 35.7 Å². The zero-order valence-electron chi connectivity index (χ0n) is 9.33. The molecule has 0 fully saturated rings. The Morgan fingerprint density at radius 3 is 2.75 bits per heavy atom. The number of hydrogen-bond donors (Lipinski definition) is 1. The van der Waals surface area contributed by atoms with E-state index in [1.165, 1.54) is 10.9 Å². The van der Waals surface area contributed by atoms with Crippen molar-refractivity contribution in [1.82, 2.24) is 0 Å². The fraction of sp³-hybridized carbons (Fsp3) is 0.231. The lowest BCUT2D eigenvalue weighted by atomic mass is 10.1. The zero-order valence-corrected chi connectivity index (χ0v) is 10.1. The van der Waals surface area contributed by atoms with Gasteiger partial charge in [0.2, 0.25) is 0 Å². The second-order valence-corrected chi connectivity index (χ2v) is 4.82. The minimum atomic E-state index is -0.188. The smallest absolute Gasteiger partial charge is 0.123 e. The Morgan fingerprint density at radius 2 is 2.12 bits per heavy atom. The lowest BCUT2D eigenvalue weighted by molar-refractivity contribution is 0.626. The number of halogens is 1. The van der Waals surface area contributed by atoms with Crippen LogP contribution < -0.4 is 5.32 Å². The quantitative estimate of drug-likeness (QED) is 0.833. The van der Waals surface area contributed by atoms with Gasteiger partial charge in [0.25, 0.3) is 0 Å². The minimum Gasteiger partial charge on any atom is -0.377 e. The number of aryl methyl sites for hydroxylation is 1. The maximum atomic E-state index is 12.9. The predicted molar refractivity (Wildman–Crippen MR) is 67.5 cm³/mol. The van der Waals surface area contributed by atoms with Gasteiger partial charge in [-0.05, 0) is 49.1 Å². The molecule has 0 aliphatic heterocycles. The van der Waals surface area contributed by atoms with Crippen molar-refractivity contribution in [2.45, 2.75) is 19.9 Å². The highest BCUT2D eigenvalue weighted by Gasteiger charge is 2.07. The van der Waals surface area contributed by atoms with E-state index in [-0.39, 0.29) is 11.9 Å². The monoisotopic (exact) mass is 235 g/mol. The largest absolute Gasteiger partial charge is 0.377 e. The lowest BCUT2D eigenvalue weighted by Gasteiger charge is -2.15. The first-order valence-electron chi connectivity index (χ1n) is 5.23. The molecule has 0 saturated carbocycles. The van der Waals surface area contributed by atoms with Gasteiger partial charge < -0.3 is 5.32 Å². The Morgan fingerprint density at radius 1 is 1.31 bits per heavy atom. The third kappa shape index (κ3) is 2.42. The van der Waals surface area contributed by atoms with E-state index < -0.39 is 0 Å². The molecule has 16 heavy (non-hydrogen) atoms. The van der Waals surface area contributed by atoms with E-state index in [1.807, 2.05) is 13.0 Å². The Bertz CT molecular complexity index is 465. The fourth-order valence-corrected chi connectivity index (χ4v) is 2.37. The summed E-state index contributed by atoms with van der Waals surface area (Å²) < 4.78 is 12.9. The van der Waals surface area contributed by atoms with Gasteiger partial charge in [-0.25, -0.2) is 4.39 Å². The van der Waals surface area contributed by atoms with Crippen molar-refractivity contribution < 1.29 is 4.39 Å². The first-order chi connectivity index (χ1) is 7.66. The molecule has 1 aromatic carbocycles. The van der Waals surface area contributed by atoms with Gasteiger partial charge in [0.05, 0.1) is 6.04 Å². The maximum Gasteiger partial charge on any atom is 0.123 e. The van der Waals surface area contributed by atoms with Crippen molar-refractivity contribution in [3.63, 3.8) is 0 Å². The molecule has 0 aliphatic rings. The van der Waals surface area contributed by atoms with E-state index in [1.54, 1.807) is 23.5 Å². The molecule has 1 heterocycles. The number of rotatable bonds is 3. The van der Waals surface area contributed by atoms with Crippen LogP contribution in [0, 0.1) is 12.7 Å². The molecule has 2 aromatic rings. The third-order valence-corrected chi connectivity index (χ3v) is 3.59. The Hall–Kier alpha value is -1.35. The lowest BCUT2D eigenvalue weighted by Crippen LogP contribution is -2.06. The predicted octanol–water partition coefficient (Wildman–Crippen LogP) is 4.37. The number of hydrogen-bond acceptors (Lipinski definition) is 2. The molecule has 0 radical (unpaired) electrons. The summed E-state index contributed by atoms with van der Waals surface area (Å²) >= 11 is 1.72. The normalized spacial score (nSPS) is 12.4. The first-order valence-corrected chi connectivity index (χ1v) is 6.11. The summed E-state index contributed by atoms with van der Waals surface area (Å²) in [6, 6.07) is 9.20. The molecule has 0 spiro atoms. The molecule has 1 nitrogen and oxygen atoms in total. The summed E-state index contributed by atoms with van der Waals surface area (Å²) in [6.07, 6.45) is 0. The highest BCUT2D eigenvalue weighted by Crippen LogP contribution is 2.25. The second-order valence-electron chi connectivity index (χ2n) is 3.84. The molecule has 0 amide bonds. The zero-order chi connectivity index (χ0) is 11.5. The fourth-order valence-electron chi connectivity index (χ4n) is 1.63. The molecule has 3 heteroatoms. The van der Waals surface area contributed by atoms with Gasteiger partial charge >= 0.3 is 0 Å². The molecule has 1 N–H and O–H groups in total. The summed E-state index contributed by atoms with van der Waals surface area (Å²) in [4.78, 5) is 1.28. The van der Waals surface area contributed by atoms with Gasteiger partial charge in [-0.15, -0.1) is 11.3 Å². The summed E-state index contributed by atoms with van der Waals surface area (Å²) in [7, 11) is 0. The van der Waals surface area contributed by atoms with Gasteiger partial charge in [0, 0.05) is 10.6 Å². The van der Waals surface area contributed by atoms with Crippen LogP contribution in [0.3, 0.4) is 0 Å². The summed E-state index contributed by atoms with van der Waals surface area (Å²) in [5, 5.41) is 5.44. The molecule has 1 unspecified atom stereocenters. The maximum absolute atomic E-state index is 12.9. The summed E-state index contributed by atoms with van der Waals surface area (Å²) in [5.41, 5.74) is 1.92. The van der Waals surface area contributed by atoms with Crippen LogP contribution in [0.4, 0.5) is 10.1 Å². The van der Waals surface area contributed by atoms with Gasteiger partial charge in [0.15, 0.2) is 0 Å². The van der Waals surface area contributed by atoms with E-state index in [9.17, 15) is 4.39 Å². The van der Waals surface area contributed by atoms with E-state index in [2.05, 4.69) is 23.7 Å². The molecule has 0 aliphatic carbocycles. The Kier molecular flexibility index (Phi) is 3.25. The molecule has 2 rings (SSSR count). The van der Waals surface area contributed by atoms with E-state index in [0.29, 0.717) is 0 Å². The molecular weight excluding hydrogens is 221 g/mol. The van der Waals surface area contributed by atoms with Crippen LogP contribution in [0.2, 0.25) is 0 Å². The van der Waals surface area contributed by atoms with E-state index in [0.717, 1.165) is 11.3 Å². The average molecular weight is 235 g/mol. The minimum absolute atomic E-state index is 0.188. The van der Waals surface area contributed by atoms with Gasteiger partial charge in [-0.1, -0.05) is 6.07 Å². The summed E-state index contributed by atoms with van der Waals surface area (Å²) in [5.74, 6) is -0.188. The molecular formula is C13H14FNS. The first kappa shape index (κ1) is 11.1. The van der Waals surface area contributed by atoms with Crippen molar-refractivity contribution in [2.75, 3.05) is 5.32 Å². The Labute approximate surface area is 98.9 Å². The highest BCUT2D eigenvalue weighted by atomic mass is 32.1. The summed E-state index contributed by atoms with van der Waals surface area (Å²) in [6.45, 7) is 4.02.